The average Bonchev–Trinajstić information content (AvgIpc) is 2.37. The Balaban J connectivity index is -0.000000427. The molecule has 0 saturated carbocycles. The fourth-order valence-electron chi connectivity index (χ4n) is 2.64. The first-order valence-electron chi connectivity index (χ1n) is 8.09. The molecular weight excluding hydrogens is 268 g/mol. The average molecular weight is 304 g/mol. The van der Waals surface area contributed by atoms with Gasteiger partial charge in [-0.05, 0) is 25.7 Å². The molecule has 0 spiro atoms. The van der Waals surface area contributed by atoms with Gasteiger partial charge in [0.25, 0.3) is 0 Å². The van der Waals surface area contributed by atoms with Crippen LogP contribution in [0.2, 0.25) is 0 Å². The predicted molar refractivity (Wildman–Crippen MR) is 86.0 cm³/mol. The van der Waals surface area contributed by atoms with E-state index < -0.39 is 7.26 Å². The Hall–Kier alpha value is 0.887. The number of hydrogen-bond acceptors (Lipinski definition) is 0. The van der Waals surface area contributed by atoms with Gasteiger partial charge in [-0.25, -0.2) is 0 Å². The first-order valence-corrected chi connectivity index (χ1v) is 10.6. The summed E-state index contributed by atoms with van der Waals surface area (Å²) in [4.78, 5) is 0. The second-order valence-electron chi connectivity index (χ2n) is 5.65. The molecule has 0 aliphatic carbocycles. The zero-order valence-electron chi connectivity index (χ0n) is 14.7. The molecular formula is C16H36F2LiP. The van der Waals surface area contributed by atoms with E-state index in [0.717, 1.165) is 0 Å². The smallest absolute Gasteiger partial charge is 1.00 e. The summed E-state index contributed by atoms with van der Waals surface area (Å²) >= 11 is 0. The van der Waals surface area contributed by atoms with E-state index in [0.29, 0.717) is 0 Å². The van der Waals surface area contributed by atoms with E-state index >= 15 is 0 Å². The van der Waals surface area contributed by atoms with E-state index in [-0.39, 0.29) is 28.3 Å². The predicted octanol–water partition coefficient (Wildman–Crippen LogP) is -2.78. The van der Waals surface area contributed by atoms with Crippen molar-refractivity contribution >= 4 is 7.26 Å². The maximum absolute atomic E-state index is 2.36. The Kier molecular flexibility index (Phi) is 28.8. The second-order valence-corrected chi connectivity index (χ2v) is 10.1. The van der Waals surface area contributed by atoms with Gasteiger partial charge in [-0.2, -0.15) is 0 Å². The van der Waals surface area contributed by atoms with Crippen molar-refractivity contribution in [3.8, 4) is 0 Å². The van der Waals surface area contributed by atoms with Crippen LogP contribution in [0.15, 0.2) is 0 Å². The minimum atomic E-state index is -0.562. The van der Waals surface area contributed by atoms with Crippen molar-refractivity contribution in [3.05, 3.63) is 0 Å². The van der Waals surface area contributed by atoms with Crippen molar-refractivity contribution in [1.29, 1.82) is 0 Å². The molecule has 20 heavy (non-hydrogen) atoms. The fraction of sp³-hybridized carbons (Fsp3) is 1.00. The molecule has 0 aromatic heterocycles. The summed E-state index contributed by atoms with van der Waals surface area (Å²) in [5, 5.41) is 0. The van der Waals surface area contributed by atoms with Crippen LogP contribution in [0, 0.1) is 0 Å². The summed E-state index contributed by atoms with van der Waals surface area (Å²) in [5.74, 6) is 0. The minimum absolute atomic E-state index is 0. The van der Waals surface area contributed by atoms with Gasteiger partial charge in [0.15, 0.2) is 0 Å². The van der Waals surface area contributed by atoms with E-state index in [4.69, 9.17) is 0 Å². The van der Waals surface area contributed by atoms with Gasteiger partial charge in [0.1, 0.15) is 0 Å². The molecule has 0 nitrogen and oxygen atoms in total. The molecule has 0 aliphatic heterocycles. The van der Waals surface area contributed by atoms with Gasteiger partial charge in [0, 0.05) is 7.26 Å². The molecule has 0 rings (SSSR count). The third kappa shape index (κ3) is 13.9. The number of rotatable bonds is 12. The van der Waals surface area contributed by atoms with Gasteiger partial charge in [-0.1, -0.05) is 53.4 Å². The zero-order chi connectivity index (χ0) is 13.0. The zero-order valence-corrected chi connectivity index (χ0v) is 15.6. The maximum atomic E-state index is 2.36. The molecule has 0 bridgehead atoms. The first-order chi connectivity index (χ1) is 8.24. The van der Waals surface area contributed by atoms with E-state index in [1.165, 1.54) is 51.4 Å². The Morgan fingerprint density at radius 1 is 0.500 bits per heavy atom. The minimum Gasteiger partial charge on any atom is -1.00 e. The third-order valence-electron chi connectivity index (χ3n) is 3.94. The molecule has 0 saturated heterocycles. The van der Waals surface area contributed by atoms with E-state index in [1.807, 2.05) is 0 Å². The van der Waals surface area contributed by atoms with Crippen LogP contribution < -0.4 is 28.3 Å². The van der Waals surface area contributed by atoms with E-state index in [9.17, 15) is 0 Å². The first kappa shape index (κ1) is 29.0. The molecule has 0 radical (unpaired) electrons. The van der Waals surface area contributed by atoms with Crippen LogP contribution in [0.1, 0.15) is 79.1 Å². The van der Waals surface area contributed by atoms with E-state index in [1.54, 1.807) is 24.6 Å². The summed E-state index contributed by atoms with van der Waals surface area (Å²) in [6.45, 7) is 9.42. The molecule has 0 aromatic carbocycles. The standard InChI is InChI=1S/C16H36P.2FH.Li/c1-5-9-13-17(14-10-6-2,15-11-7-3)16-12-8-4;;;/h5-16H2,1-4H3;2*1H;/q+1;;;+1/p-2. The Labute approximate surface area is 139 Å². The van der Waals surface area contributed by atoms with Gasteiger partial charge < -0.3 is 9.41 Å². The van der Waals surface area contributed by atoms with Crippen molar-refractivity contribution in [2.75, 3.05) is 24.6 Å². The molecule has 0 N–H and O–H groups in total. The Bertz CT molecular complexity index is 131. The summed E-state index contributed by atoms with van der Waals surface area (Å²) < 4.78 is 0. The molecule has 0 fully saturated rings. The molecule has 4 heteroatoms. The monoisotopic (exact) mass is 304 g/mol. The topological polar surface area (TPSA) is 0 Å². The van der Waals surface area contributed by atoms with Crippen molar-refractivity contribution in [3.63, 3.8) is 0 Å². The number of halogens is 2. The van der Waals surface area contributed by atoms with Gasteiger partial charge in [0.2, 0.25) is 0 Å². The molecule has 120 valence electrons. The van der Waals surface area contributed by atoms with Crippen LogP contribution in [-0.4, -0.2) is 24.6 Å². The SMILES string of the molecule is CCCC[P+](CCCC)(CCCC)CCCC.[F-].[F-].[Li+]. The van der Waals surface area contributed by atoms with Crippen molar-refractivity contribution in [2.24, 2.45) is 0 Å². The van der Waals surface area contributed by atoms with Gasteiger partial charge in [-0.3, -0.25) is 0 Å². The Morgan fingerprint density at radius 3 is 0.850 bits per heavy atom. The van der Waals surface area contributed by atoms with Crippen molar-refractivity contribution in [2.45, 2.75) is 79.1 Å². The van der Waals surface area contributed by atoms with Gasteiger partial charge in [0.05, 0.1) is 24.6 Å². The van der Waals surface area contributed by atoms with Crippen LogP contribution in [0.4, 0.5) is 0 Å². The van der Waals surface area contributed by atoms with Crippen LogP contribution >= 0.6 is 7.26 Å². The second kappa shape index (κ2) is 19.9. The number of hydrogen-bond donors (Lipinski definition) is 0. The van der Waals surface area contributed by atoms with Crippen LogP contribution in [0.3, 0.4) is 0 Å². The largest absolute Gasteiger partial charge is 1.00 e. The molecule has 0 aliphatic rings. The van der Waals surface area contributed by atoms with Gasteiger partial charge in [-0.15, -0.1) is 0 Å². The fourth-order valence-corrected chi connectivity index (χ4v) is 7.93. The molecule has 0 aromatic rings. The third-order valence-corrected chi connectivity index (χ3v) is 9.00. The van der Waals surface area contributed by atoms with E-state index in [2.05, 4.69) is 27.7 Å². The summed E-state index contributed by atoms with van der Waals surface area (Å²) in [6.07, 6.45) is 17.9. The normalized spacial score (nSPS) is 10.2. The van der Waals surface area contributed by atoms with Crippen molar-refractivity contribution in [1.82, 2.24) is 0 Å². The molecule has 0 amide bonds. The summed E-state index contributed by atoms with van der Waals surface area (Å²) in [7, 11) is -0.562. The number of unbranched alkanes of at least 4 members (excludes halogenated alkanes) is 4. The van der Waals surface area contributed by atoms with Crippen LogP contribution in [0.5, 0.6) is 0 Å². The van der Waals surface area contributed by atoms with Gasteiger partial charge >= 0.3 is 18.9 Å². The molecule has 0 unspecified atom stereocenters. The van der Waals surface area contributed by atoms with Crippen molar-refractivity contribution < 1.29 is 28.3 Å². The van der Waals surface area contributed by atoms with Crippen LogP contribution in [0.25, 0.3) is 0 Å². The summed E-state index contributed by atoms with van der Waals surface area (Å²) in [5.41, 5.74) is 0. The van der Waals surface area contributed by atoms with Crippen LogP contribution in [-0.2, 0) is 0 Å². The molecule has 0 heterocycles. The summed E-state index contributed by atoms with van der Waals surface area (Å²) in [6, 6.07) is 0. The maximum Gasteiger partial charge on any atom is 1.00 e. The Morgan fingerprint density at radius 2 is 0.700 bits per heavy atom. The molecule has 0 atom stereocenters. The quantitative estimate of drug-likeness (QED) is 0.270.